The first-order chi connectivity index (χ1) is 18.0. The quantitative estimate of drug-likeness (QED) is 0.280. The molecule has 3 aromatic carbocycles. The number of benzene rings is 3. The highest BCUT2D eigenvalue weighted by molar-refractivity contribution is 5.96. The molecule has 6 nitrogen and oxygen atoms in total. The monoisotopic (exact) mass is 497 g/mol. The Hall–Kier alpha value is -4.22. The lowest BCUT2D eigenvalue weighted by Gasteiger charge is -2.30. The predicted molar refractivity (Wildman–Crippen MR) is 139 cm³/mol. The maximum Gasteiger partial charge on any atom is 0.217 e. The minimum absolute atomic E-state index is 0.143. The number of anilines is 1. The first-order valence-electron chi connectivity index (χ1n) is 12.3. The van der Waals surface area contributed by atoms with Crippen LogP contribution in [0.25, 0.3) is 22.7 Å². The van der Waals surface area contributed by atoms with Crippen LogP contribution in [0, 0.1) is 23.1 Å². The molecule has 1 saturated heterocycles. The van der Waals surface area contributed by atoms with E-state index in [1.54, 1.807) is 12.1 Å². The number of piperidine rings is 1. The molecule has 0 aliphatic carbocycles. The zero-order chi connectivity index (χ0) is 25.5. The standard InChI is InChI=1S/C29H25F2N5O/c1-35-10-8-22(9-11-35)36-27-7-2-18(13-26(27)34-29(36)33-17-32)12-25-23-5-3-20(30)14-19(23)16-37-28-15-21(31)4-6-24(25)28/h2-7,12-15,22H,8-11,16H2,1H3,(H,33,34)/b25-12+. The minimum atomic E-state index is -0.395. The van der Waals surface area contributed by atoms with Gasteiger partial charge in [-0.3, -0.25) is 5.32 Å². The van der Waals surface area contributed by atoms with Crippen LogP contribution in [0.5, 0.6) is 5.75 Å². The number of likely N-dealkylation sites (tertiary alicyclic amines) is 1. The molecule has 0 atom stereocenters. The number of fused-ring (bicyclic) bond motifs is 3. The van der Waals surface area contributed by atoms with Crippen LogP contribution in [0.4, 0.5) is 14.7 Å². The zero-order valence-electron chi connectivity index (χ0n) is 20.3. The Bertz CT molecular complexity index is 1520. The van der Waals surface area contributed by atoms with Gasteiger partial charge in [0.15, 0.2) is 6.19 Å². The fraction of sp³-hybridized carbons (Fsp3) is 0.241. The second kappa shape index (κ2) is 9.34. The number of nitrogens with zero attached hydrogens (tertiary/aromatic N) is 4. The van der Waals surface area contributed by atoms with Crippen LogP contribution >= 0.6 is 0 Å². The lowest BCUT2D eigenvalue weighted by Crippen LogP contribution is -2.31. The summed E-state index contributed by atoms with van der Waals surface area (Å²) in [7, 11) is 2.12. The number of hydrogen-bond donors (Lipinski definition) is 1. The van der Waals surface area contributed by atoms with Gasteiger partial charge in [-0.2, -0.15) is 5.26 Å². The fourth-order valence-electron chi connectivity index (χ4n) is 5.37. The molecule has 3 heterocycles. The number of ether oxygens (including phenoxy) is 1. The first kappa shape index (κ1) is 23.2. The second-order valence-corrected chi connectivity index (χ2v) is 9.61. The Kier molecular flexibility index (Phi) is 5.85. The number of rotatable bonds is 3. The molecule has 37 heavy (non-hydrogen) atoms. The Morgan fingerprint density at radius 3 is 2.57 bits per heavy atom. The van der Waals surface area contributed by atoms with Gasteiger partial charge in [0.25, 0.3) is 0 Å². The van der Waals surface area contributed by atoms with E-state index in [4.69, 9.17) is 9.72 Å². The van der Waals surface area contributed by atoms with E-state index >= 15 is 0 Å². The van der Waals surface area contributed by atoms with Gasteiger partial charge < -0.3 is 14.2 Å². The lowest BCUT2D eigenvalue weighted by atomic mass is 9.92. The molecular formula is C29H25F2N5O. The number of aromatic nitrogens is 2. The van der Waals surface area contributed by atoms with Gasteiger partial charge in [0.1, 0.15) is 24.0 Å². The summed E-state index contributed by atoms with van der Waals surface area (Å²) in [5.74, 6) is 0.211. The molecule has 1 fully saturated rings. The lowest BCUT2D eigenvalue weighted by molar-refractivity contribution is 0.225. The third kappa shape index (κ3) is 4.32. The molecule has 0 unspecified atom stereocenters. The van der Waals surface area contributed by atoms with E-state index < -0.39 is 5.82 Å². The summed E-state index contributed by atoms with van der Waals surface area (Å²) in [5.41, 5.74) is 5.68. The van der Waals surface area contributed by atoms with Gasteiger partial charge in [-0.25, -0.2) is 13.8 Å². The number of hydrogen-bond acceptors (Lipinski definition) is 5. The van der Waals surface area contributed by atoms with E-state index in [0.717, 1.165) is 59.2 Å². The van der Waals surface area contributed by atoms with Crippen molar-refractivity contribution in [2.75, 3.05) is 25.5 Å². The normalized spacial score (nSPS) is 17.1. The molecule has 6 rings (SSSR count). The molecule has 1 aromatic heterocycles. The van der Waals surface area contributed by atoms with Crippen molar-refractivity contribution in [1.82, 2.24) is 14.5 Å². The number of halogens is 2. The number of nitriles is 1. The summed E-state index contributed by atoms with van der Waals surface area (Å²) in [6, 6.07) is 15.3. The summed E-state index contributed by atoms with van der Waals surface area (Å²) in [6.07, 6.45) is 5.98. The minimum Gasteiger partial charge on any atom is -0.488 e. The van der Waals surface area contributed by atoms with Crippen LogP contribution in [0.2, 0.25) is 0 Å². The van der Waals surface area contributed by atoms with Gasteiger partial charge in [-0.1, -0.05) is 12.1 Å². The zero-order valence-corrected chi connectivity index (χ0v) is 20.3. The van der Waals surface area contributed by atoms with E-state index in [0.29, 0.717) is 17.3 Å². The average molecular weight is 498 g/mol. The maximum atomic E-state index is 14.0. The first-order valence-corrected chi connectivity index (χ1v) is 12.3. The van der Waals surface area contributed by atoms with Crippen LogP contribution < -0.4 is 10.1 Å². The fourth-order valence-corrected chi connectivity index (χ4v) is 5.37. The smallest absolute Gasteiger partial charge is 0.217 e. The second-order valence-electron chi connectivity index (χ2n) is 9.61. The Morgan fingerprint density at radius 2 is 1.78 bits per heavy atom. The molecule has 2 aliphatic rings. The van der Waals surface area contributed by atoms with Crippen molar-refractivity contribution in [2.24, 2.45) is 0 Å². The van der Waals surface area contributed by atoms with E-state index in [1.165, 1.54) is 24.3 Å². The highest BCUT2D eigenvalue weighted by atomic mass is 19.1. The van der Waals surface area contributed by atoms with Crippen molar-refractivity contribution >= 4 is 28.6 Å². The van der Waals surface area contributed by atoms with Gasteiger partial charge in [-0.15, -0.1) is 0 Å². The average Bonchev–Trinajstić information content (AvgIpc) is 3.17. The van der Waals surface area contributed by atoms with Gasteiger partial charge >= 0.3 is 0 Å². The molecule has 0 radical (unpaired) electrons. The maximum absolute atomic E-state index is 14.0. The molecule has 1 N–H and O–H groups in total. The number of nitrogens with one attached hydrogen (secondary N) is 1. The number of imidazole rings is 1. The van der Waals surface area contributed by atoms with Crippen molar-refractivity contribution in [3.63, 3.8) is 0 Å². The highest BCUT2D eigenvalue weighted by Gasteiger charge is 2.24. The van der Waals surface area contributed by atoms with E-state index in [9.17, 15) is 14.0 Å². The van der Waals surface area contributed by atoms with Crippen LogP contribution in [-0.2, 0) is 6.61 Å². The van der Waals surface area contributed by atoms with Crippen molar-refractivity contribution in [3.8, 4) is 11.9 Å². The Labute approximate surface area is 213 Å². The van der Waals surface area contributed by atoms with Crippen molar-refractivity contribution in [2.45, 2.75) is 25.5 Å². The van der Waals surface area contributed by atoms with Gasteiger partial charge in [-0.05, 0) is 92.2 Å². The van der Waals surface area contributed by atoms with Crippen LogP contribution in [0.1, 0.15) is 41.1 Å². The summed E-state index contributed by atoms with van der Waals surface area (Å²) in [5, 5.41) is 12.1. The highest BCUT2D eigenvalue weighted by Crippen LogP contribution is 2.39. The van der Waals surface area contributed by atoms with Crippen molar-refractivity contribution < 1.29 is 13.5 Å². The van der Waals surface area contributed by atoms with Gasteiger partial charge in [0.2, 0.25) is 5.95 Å². The van der Waals surface area contributed by atoms with Crippen LogP contribution in [0.15, 0.2) is 54.6 Å². The molecule has 2 aliphatic heterocycles. The molecule has 0 amide bonds. The van der Waals surface area contributed by atoms with Gasteiger partial charge in [0, 0.05) is 23.2 Å². The van der Waals surface area contributed by atoms with E-state index in [1.807, 2.05) is 30.5 Å². The molecule has 8 heteroatoms. The largest absolute Gasteiger partial charge is 0.488 e. The molecule has 186 valence electrons. The van der Waals surface area contributed by atoms with Crippen molar-refractivity contribution in [3.05, 3.63) is 88.5 Å². The summed E-state index contributed by atoms with van der Waals surface area (Å²) < 4.78 is 36.1. The Balaban J connectivity index is 1.48. The third-order valence-corrected chi connectivity index (χ3v) is 7.22. The van der Waals surface area contributed by atoms with Crippen LogP contribution in [-0.4, -0.2) is 34.6 Å². The van der Waals surface area contributed by atoms with Gasteiger partial charge in [0.05, 0.1) is 11.0 Å². The molecule has 0 spiro atoms. The predicted octanol–water partition coefficient (Wildman–Crippen LogP) is 5.96. The molecule has 0 saturated carbocycles. The molecular weight excluding hydrogens is 472 g/mol. The summed E-state index contributed by atoms with van der Waals surface area (Å²) in [6.45, 7) is 2.12. The van der Waals surface area contributed by atoms with Crippen LogP contribution in [0.3, 0.4) is 0 Å². The SMILES string of the molecule is CN1CCC(n2c(NC#N)nc3cc(/C=C4\c5ccc(F)cc5COc5cc(F)ccc54)ccc32)CC1. The molecule has 0 bridgehead atoms. The Morgan fingerprint density at radius 1 is 1.03 bits per heavy atom. The summed E-state index contributed by atoms with van der Waals surface area (Å²) in [4.78, 5) is 7.05. The van der Waals surface area contributed by atoms with E-state index in [-0.39, 0.29) is 18.5 Å². The third-order valence-electron chi connectivity index (χ3n) is 7.22. The topological polar surface area (TPSA) is 66.1 Å². The van der Waals surface area contributed by atoms with Crippen molar-refractivity contribution in [1.29, 1.82) is 5.26 Å². The molecule has 4 aromatic rings. The summed E-state index contributed by atoms with van der Waals surface area (Å²) >= 11 is 0. The van der Waals surface area contributed by atoms with E-state index in [2.05, 4.69) is 21.8 Å².